The van der Waals surface area contributed by atoms with E-state index in [2.05, 4.69) is 0 Å². The van der Waals surface area contributed by atoms with Gasteiger partial charge in [-0.1, -0.05) is 6.92 Å². The van der Waals surface area contributed by atoms with Gasteiger partial charge < -0.3 is 10.8 Å². The number of carbonyl (C=O) groups is 1. The summed E-state index contributed by atoms with van der Waals surface area (Å²) in [4.78, 5) is 11.0. The summed E-state index contributed by atoms with van der Waals surface area (Å²) in [5, 5.41) is 9.41. The van der Waals surface area contributed by atoms with E-state index in [4.69, 9.17) is 5.73 Å². The molecule has 3 N–H and O–H groups in total. The maximum Gasteiger partial charge on any atom is 0.134 e. The average molecular weight is 157 g/mol. The SMILES string of the molecule is C[C@@H]1[C@H](N)CC(=O)CC[C@@H]1O. The summed E-state index contributed by atoms with van der Waals surface area (Å²) < 4.78 is 0. The van der Waals surface area contributed by atoms with Gasteiger partial charge in [-0.2, -0.15) is 0 Å². The molecule has 64 valence electrons. The molecule has 0 saturated heterocycles. The van der Waals surface area contributed by atoms with Gasteiger partial charge in [0, 0.05) is 18.9 Å². The molecule has 1 aliphatic carbocycles. The number of hydrogen-bond acceptors (Lipinski definition) is 3. The van der Waals surface area contributed by atoms with E-state index < -0.39 is 6.10 Å². The van der Waals surface area contributed by atoms with Crippen molar-refractivity contribution in [1.82, 2.24) is 0 Å². The highest BCUT2D eigenvalue weighted by Crippen LogP contribution is 2.19. The molecule has 0 bridgehead atoms. The van der Waals surface area contributed by atoms with Crippen LogP contribution < -0.4 is 5.73 Å². The van der Waals surface area contributed by atoms with Crippen LogP contribution in [0.3, 0.4) is 0 Å². The number of Topliss-reactive ketones (excluding diaryl/α,β-unsaturated/α-hetero) is 1. The fourth-order valence-corrected chi connectivity index (χ4v) is 1.41. The van der Waals surface area contributed by atoms with Crippen LogP contribution in [-0.4, -0.2) is 23.0 Å². The summed E-state index contributed by atoms with van der Waals surface area (Å²) in [5.41, 5.74) is 5.68. The van der Waals surface area contributed by atoms with Crippen LogP contribution in [0.15, 0.2) is 0 Å². The van der Waals surface area contributed by atoms with Crippen LogP contribution in [0.1, 0.15) is 26.2 Å². The number of hydrogen-bond donors (Lipinski definition) is 2. The summed E-state index contributed by atoms with van der Waals surface area (Å²) in [6.45, 7) is 1.90. The Morgan fingerprint density at radius 3 is 2.91 bits per heavy atom. The third-order valence-corrected chi connectivity index (χ3v) is 2.46. The zero-order valence-electron chi connectivity index (χ0n) is 6.79. The summed E-state index contributed by atoms with van der Waals surface area (Å²) >= 11 is 0. The first-order valence-corrected chi connectivity index (χ1v) is 4.06. The predicted octanol–water partition coefficient (Wildman–Crippen LogP) is 0.0637. The van der Waals surface area contributed by atoms with E-state index in [1.807, 2.05) is 6.92 Å². The Kier molecular flexibility index (Phi) is 2.62. The van der Waals surface area contributed by atoms with Crippen LogP contribution in [-0.2, 0) is 4.79 Å². The van der Waals surface area contributed by atoms with Gasteiger partial charge in [0.05, 0.1) is 6.10 Å². The second-order valence-corrected chi connectivity index (χ2v) is 3.37. The third-order valence-electron chi connectivity index (χ3n) is 2.46. The van der Waals surface area contributed by atoms with Crippen molar-refractivity contribution in [2.45, 2.75) is 38.3 Å². The Morgan fingerprint density at radius 2 is 2.27 bits per heavy atom. The number of nitrogens with two attached hydrogens (primary N) is 1. The monoisotopic (exact) mass is 157 g/mol. The third kappa shape index (κ3) is 2.01. The van der Waals surface area contributed by atoms with Crippen molar-refractivity contribution in [3.05, 3.63) is 0 Å². The molecule has 3 nitrogen and oxygen atoms in total. The molecule has 11 heavy (non-hydrogen) atoms. The topological polar surface area (TPSA) is 63.3 Å². The standard InChI is InChI=1S/C8H15NO2/c1-5-7(9)4-6(10)2-3-8(5)11/h5,7-8,11H,2-4,9H2,1H3/t5-,7-,8+/m1/s1. The lowest BCUT2D eigenvalue weighted by Crippen LogP contribution is -2.34. The average Bonchev–Trinajstić information content (AvgIpc) is 2.05. The van der Waals surface area contributed by atoms with E-state index in [0.29, 0.717) is 19.3 Å². The predicted molar refractivity (Wildman–Crippen MR) is 42.0 cm³/mol. The van der Waals surface area contributed by atoms with Gasteiger partial charge in [0.2, 0.25) is 0 Å². The normalized spacial score (nSPS) is 40.3. The fraction of sp³-hybridized carbons (Fsp3) is 0.875. The van der Waals surface area contributed by atoms with Crippen molar-refractivity contribution >= 4 is 5.78 Å². The second kappa shape index (κ2) is 3.32. The molecule has 0 aromatic carbocycles. The molecular formula is C8H15NO2. The zero-order chi connectivity index (χ0) is 8.43. The second-order valence-electron chi connectivity index (χ2n) is 3.37. The maximum absolute atomic E-state index is 11.0. The van der Waals surface area contributed by atoms with Crippen LogP contribution in [0.4, 0.5) is 0 Å². The molecule has 1 rings (SSSR count). The highest BCUT2D eigenvalue weighted by molar-refractivity contribution is 5.79. The minimum atomic E-state index is -0.392. The van der Waals surface area contributed by atoms with Crippen molar-refractivity contribution in [2.24, 2.45) is 11.7 Å². The molecule has 1 aliphatic rings. The van der Waals surface area contributed by atoms with E-state index in [9.17, 15) is 9.90 Å². The first-order chi connectivity index (χ1) is 5.11. The van der Waals surface area contributed by atoms with Gasteiger partial charge in [-0.05, 0) is 12.3 Å². The molecule has 3 heteroatoms. The van der Waals surface area contributed by atoms with E-state index in [-0.39, 0.29) is 17.7 Å². The van der Waals surface area contributed by atoms with Gasteiger partial charge in [0.25, 0.3) is 0 Å². The molecular weight excluding hydrogens is 142 g/mol. The Bertz CT molecular complexity index is 158. The van der Waals surface area contributed by atoms with Crippen molar-refractivity contribution in [2.75, 3.05) is 0 Å². The number of aliphatic hydroxyl groups excluding tert-OH is 1. The number of carbonyl (C=O) groups excluding carboxylic acids is 1. The highest BCUT2D eigenvalue weighted by Gasteiger charge is 2.27. The smallest absolute Gasteiger partial charge is 0.134 e. The fourth-order valence-electron chi connectivity index (χ4n) is 1.41. The first-order valence-electron chi connectivity index (χ1n) is 4.06. The molecule has 3 atom stereocenters. The van der Waals surface area contributed by atoms with Gasteiger partial charge in [0.15, 0.2) is 0 Å². The number of aliphatic hydroxyl groups is 1. The Labute approximate surface area is 66.6 Å². The lowest BCUT2D eigenvalue weighted by molar-refractivity contribution is -0.119. The highest BCUT2D eigenvalue weighted by atomic mass is 16.3. The van der Waals surface area contributed by atoms with Gasteiger partial charge in [-0.15, -0.1) is 0 Å². The molecule has 0 unspecified atom stereocenters. The summed E-state index contributed by atoms with van der Waals surface area (Å²) in [6, 6.07) is -0.153. The Hall–Kier alpha value is -0.410. The van der Waals surface area contributed by atoms with Gasteiger partial charge in [-0.3, -0.25) is 4.79 Å². The Balaban J connectivity index is 2.61. The molecule has 1 saturated carbocycles. The van der Waals surface area contributed by atoms with E-state index in [1.165, 1.54) is 0 Å². The minimum absolute atomic E-state index is 0.0569. The molecule has 0 heterocycles. The lowest BCUT2D eigenvalue weighted by atomic mass is 9.95. The quantitative estimate of drug-likeness (QED) is 0.489. The maximum atomic E-state index is 11.0. The first kappa shape index (κ1) is 8.68. The van der Waals surface area contributed by atoms with Gasteiger partial charge in [-0.25, -0.2) is 0 Å². The Morgan fingerprint density at radius 1 is 1.64 bits per heavy atom. The molecule has 0 radical (unpaired) electrons. The van der Waals surface area contributed by atoms with Crippen molar-refractivity contribution < 1.29 is 9.90 Å². The van der Waals surface area contributed by atoms with Gasteiger partial charge >= 0.3 is 0 Å². The summed E-state index contributed by atoms with van der Waals surface area (Å²) in [5.74, 6) is 0.238. The molecule has 0 aliphatic heterocycles. The number of ketones is 1. The molecule has 0 spiro atoms. The molecule has 0 aromatic rings. The van der Waals surface area contributed by atoms with Crippen molar-refractivity contribution in [3.8, 4) is 0 Å². The summed E-state index contributed by atoms with van der Waals surface area (Å²) in [7, 11) is 0. The van der Waals surface area contributed by atoms with Crippen LogP contribution in [0.5, 0.6) is 0 Å². The largest absolute Gasteiger partial charge is 0.393 e. The van der Waals surface area contributed by atoms with Crippen LogP contribution in [0.2, 0.25) is 0 Å². The van der Waals surface area contributed by atoms with E-state index in [0.717, 1.165) is 0 Å². The summed E-state index contributed by atoms with van der Waals surface area (Å²) in [6.07, 6.45) is 1.10. The minimum Gasteiger partial charge on any atom is -0.393 e. The van der Waals surface area contributed by atoms with Crippen molar-refractivity contribution in [1.29, 1.82) is 0 Å². The lowest BCUT2D eigenvalue weighted by Gasteiger charge is -2.20. The van der Waals surface area contributed by atoms with Gasteiger partial charge in [0.1, 0.15) is 5.78 Å². The van der Waals surface area contributed by atoms with Crippen LogP contribution >= 0.6 is 0 Å². The van der Waals surface area contributed by atoms with Crippen LogP contribution in [0, 0.1) is 5.92 Å². The van der Waals surface area contributed by atoms with Crippen molar-refractivity contribution in [3.63, 3.8) is 0 Å². The molecule has 0 amide bonds. The van der Waals surface area contributed by atoms with E-state index >= 15 is 0 Å². The number of rotatable bonds is 0. The molecule has 0 aromatic heterocycles. The van der Waals surface area contributed by atoms with Crippen LogP contribution in [0.25, 0.3) is 0 Å². The zero-order valence-corrected chi connectivity index (χ0v) is 6.79. The van der Waals surface area contributed by atoms with E-state index in [1.54, 1.807) is 0 Å². The molecule has 1 fully saturated rings.